The molecule has 2 heterocycles. The van der Waals surface area contributed by atoms with Crippen LogP contribution in [0.25, 0.3) is 6.08 Å². The van der Waals surface area contributed by atoms with Gasteiger partial charge in [0.2, 0.25) is 5.91 Å². The third-order valence-electron chi connectivity index (χ3n) is 5.04. The smallest absolute Gasteiger partial charge is 0.294 e. The van der Waals surface area contributed by atoms with E-state index in [9.17, 15) is 14.4 Å². The molecule has 0 aliphatic carbocycles. The number of nitrogens with zero attached hydrogens (tertiary/aromatic N) is 2. The summed E-state index contributed by atoms with van der Waals surface area (Å²) in [6, 6.07) is 17.1. The predicted molar refractivity (Wildman–Crippen MR) is 126 cm³/mol. The number of hydrogen-bond acceptors (Lipinski definition) is 6. The van der Waals surface area contributed by atoms with Crippen LogP contribution in [0.15, 0.2) is 71.7 Å². The van der Waals surface area contributed by atoms with Gasteiger partial charge >= 0.3 is 0 Å². The van der Waals surface area contributed by atoms with Crippen molar-refractivity contribution in [3.05, 3.63) is 77.2 Å². The molecular formula is C24H23N3O4S. The number of rotatable bonds is 6. The molecule has 164 valence electrons. The zero-order valence-electron chi connectivity index (χ0n) is 17.4. The fraction of sp³-hybridized carbons (Fsp3) is 0.208. The Balaban J connectivity index is 1.32. The van der Waals surface area contributed by atoms with Gasteiger partial charge in [-0.1, -0.05) is 42.5 Å². The van der Waals surface area contributed by atoms with Crippen LogP contribution in [0.4, 0.5) is 16.2 Å². The molecule has 2 saturated heterocycles. The van der Waals surface area contributed by atoms with Crippen molar-refractivity contribution in [1.82, 2.24) is 4.90 Å². The second kappa shape index (κ2) is 10.3. The quantitative estimate of drug-likeness (QED) is 0.677. The number of morpholine rings is 1. The van der Waals surface area contributed by atoms with Crippen LogP contribution in [-0.2, 0) is 14.3 Å². The molecular weight excluding hydrogens is 426 g/mol. The van der Waals surface area contributed by atoms with E-state index in [4.69, 9.17) is 4.74 Å². The summed E-state index contributed by atoms with van der Waals surface area (Å²) in [7, 11) is 0. The van der Waals surface area contributed by atoms with Gasteiger partial charge in [-0.2, -0.15) is 0 Å². The van der Waals surface area contributed by atoms with Crippen LogP contribution in [0.3, 0.4) is 0 Å². The van der Waals surface area contributed by atoms with Gasteiger partial charge in [-0.15, -0.1) is 0 Å². The van der Waals surface area contributed by atoms with Crippen molar-refractivity contribution in [2.45, 2.75) is 0 Å². The van der Waals surface area contributed by atoms with Crippen LogP contribution in [0.5, 0.6) is 0 Å². The van der Waals surface area contributed by atoms with Crippen LogP contribution in [-0.4, -0.2) is 54.8 Å². The molecule has 2 aliphatic rings. The molecule has 2 aromatic carbocycles. The predicted octanol–water partition coefficient (Wildman–Crippen LogP) is 3.75. The number of imide groups is 1. The van der Waals surface area contributed by atoms with Crippen molar-refractivity contribution in [2.24, 2.45) is 0 Å². The van der Waals surface area contributed by atoms with Gasteiger partial charge in [0.05, 0.1) is 18.1 Å². The molecule has 4 rings (SSSR count). The minimum atomic E-state index is -0.462. The molecule has 2 aliphatic heterocycles. The van der Waals surface area contributed by atoms with Gasteiger partial charge in [-0.25, -0.2) is 0 Å². The molecule has 3 amide bonds. The number of allylic oxidation sites excluding steroid dienone is 2. The summed E-state index contributed by atoms with van der Waals surface area (Å²) in [6.07, 6.45) is 5.17. The van der Waals surface area contributed by atoms with Crippen molar-refractivity contribution < 1.29 is 19.1 Å². The highest BCUT2D eigenvalue weighted by molar-refractivity contribution is 8.18. The lowest BCUT2D eigenvalue weighted by Gasteiger charge is -2.28. The maximum atomic E-state index is 12.6. The van der Waals surface area contributed by atoms with E-state index in [-0.39, 0.29) is 6.54 Å². The number of benzene rings is 2. The van der Waals surface area contributed by atoms with Crippen LogP contribution in [0.1, 0.15) is 5.56 Å². The molecule has 32 heavy (non-hydrogen) atoms. The maximum Gasteiger partial charge on any atom is 0.294 e. The molecule has 0 spiro atoms. The molecule has 8 heteroatoms. The normalized spacial score (nSPS) is 18.1. The average Bonchev–Trinajstić information content (AvgIpc) is 3.08. The van der Waals surface area contributed by atoms with Crippen molar-refractivity contribution >= 4 is 46.3 Å². The third kappa shape index (κ3) is 5.46. The van der Waals surface area contributed by atoms with E-state index in [0.717, 1.165) is 41.0 Å². The van der Waals surface area contributed by atoms with E-state index >= 15 is 0 Å². The lowest BCUT2D eigenvalue weighted by molar-refractivity contribution is -0.127. The fourth-order valence-corrected chi connectivity index (χ4v) is 4.17. The summed E-state index contributed by atoms with van der Waals surface area (Å²) in [6.45, 7) is 2.74. The first-order valence-electron chi connectivity index (χ1n) is 10.3. The standard InChI is InChI=1S/C24H23N3O4S/c28-22(25-19-9-11-20(12-10-19)26-13-15-31-16-14-26)17-27-23(29)21(32-24(27)30)8-4-7-18-5-2-1-3-6-18/h1-12H,13-17H2,(H,25,28)/b7-4-,21-8+. The van der Waals surface area contributed by atoms with Crippen LogP contribution in [0, 0.1) is 0 Å². The van der Waals surface area contributed by atoms with Gasteiger partial charge in [0.15, 0.2) is 0 Å². The second-order valence-electron chi connectivity index (χ2n) is 7.25. The third-order valence-corrected chi connectivity index (χ3v) is 5.96. The monoisotopic (exact) mass is 449 g/mol. The molecule has 0 aromatic heterocycles. The van der Waals surface area contributed by atoms with E-state index in [1.807, 2.05) is 60.7 Å². The van der Waals surface area contributed by atoms with Crippen molar-refractivity contribution in [1.29, 1.82) is 0 Å². The molecule has 0 radical (unpaired) electrons. The van der Waals surface area contributed by atoms with E-state index in [0.29, 0.717) is 23.8 Å². The van der Waals surface area contributed by atoms with Crippen molar-refractivity contribution in [3.8, 4) is 0 Å². The van der Waals surface area contributed by atoms with Gasteiger partial charge in [0, 0.05) is 24.5 Å². The Kier molecular flexibility index (Phi) is 7.03. The number of thioether (sulfide) groups is 1. The van der Waals surface area contributed by atoms with Gasteiger partial charge in [0.1, 0.15) is 6.54 Å². The summed E-state index contributed by atoms with van der Waals surface area (Å²) >= 11 is 0.835. The van der Waals surface area contributed by atoms with Gasteiger partial charge < -0.3 is 15.0 Å². The van der Waals surface area contributed by atoms with Gasteiger partial charge in [0.25, 0.3) is 11.1 Å². The van der Waals surface area contributed by atoms with Gasteiger partial charge in [-0.05, 0) is 47.7 Å². The summed E-state index contributed by atoms with van der Waals surface area (Å²) in [5.74, 6) is -0.886. The first-order chi connectivity index (χ1) is 15.6. The van der Waals surface area contributed by atoms with E-state index in [1.165, 1.54) is 0 Å². The Bertz CT molecular complexity index is 1040. The first kappa shape index (κ1) is 21.9. The summed E-state index contributed by atoms with van der Waals surface area (Å²) in [5, 5.41) is 2.30. The number of amides is 3. The van der Waals surface area contributed by atoms with E-state index in [2.05, 4.69) is 10.2 Å². The van der Waals surface area contributed by atoms with Crippen LogP contribution >= 0.6 is 11.8 Å². The minimum absolute atomic E-state index is 0.296. The number of anilines is 2. The summed E-state index contributed by atoms with van der Waals surface area (Å²) < 4.78 is 5.36. The number of carbonyl (C=O) groups is 3. The van der Waals surface area contributed by atoms with Gasteiger partial charge in [-0.3, -0.25) is 19.3 Å². The minimum Gasteiger partial charge on any atom is -0.378 e. The van der Waals surface area contributed by atoms with E-state index in [1.54, 1.807) is 12.2 Å². The Labute approximate surface area is 190 Å². The molecule has 0 atom stereocenters. The number of carbonyl (C=O) groups excluding carboxylic acids is 3. The van der Waals surface area contributed by atoms with Crippen LogP contribution < -0.4 is 10.2 Å². The highest BCUT2D eigenvalue weighted by Gasteiger charge is 2.35. The largest absolute Gasteiger partial charge is 0.378 e. The zero-order valence-corrected chi connectivity index (χ0v) is 18.2. The topological polar surface area (TPSA) is 79.0 Å². The maximum absolute atomic E-state index is 12.6. The van der Waals surface area contributed by atoms with E-state index < -0.39 is 17.1 Å². The molecule has 0 bridgehead atoms. The SMILES string of the molecule is O=C(CN1C(=O)S/C(=C/C=C\c2ccccc2)C1=O)Nc1ccc(N2CCOCC2)cc1. The highest BCUT2D eigenvalue weighted by atomic mass is 32.2. The molecule has 2 aromatic rings. The van der Waals surface area contributed by atoms with Crippen molar-refractivity contribution in [2.75, 3.05) is 43.1 Å². The molecule has 1 N–H and O–H groups in total. The Morgan fingerprint density at radius 3 is 2.47 bits per heavy atom. The Morgan fingerprint density at radius 1 is 1.03 bits per heavy atom. The lowest BCUT2D eigenvalue weighted by atomic mass is 10.2. The second-order valence-corrected chi connectivity index (χ2v) is 8.25. The lowest BCUT2D eigenvalue weighted by Crippen LogP contribution is -2.36. The molecule has 0 unspecified atom stereocenters. The molecule has 2 fully saturated rings. The molecule has 0 saturated carbocycles. The van der Waals surface area contributed by atoms with Crippen LogP contribution in [0.2, 0.25) is 0 Å². The zero-order chi connectivity index (χ0) is 22.3. The van der Waals surface area contributed by atoms with Crippen molar-refractivity contribution in [3.63, 3.8) is 0 Å². The first-order valence-corrected chi connectivity index (χ1v) is 11.1. The number of hydrogen-bond donors (Lipinski definition) is 1. The average molecular weight is 450 g/mol. The Hall–Kier alpha value is -3.36. The highest BCUT2D eigenvalue weighted by Crippen LogP contribution is 2.30. The number of nitrogens with one attached hydrogen (secondary N) is 1. The molecule has 7 nitrogen and oxygen atoms in total. The fourth-order valence-electron chi connectivity index (χ4n) is 3.38. The summed E-state index contributed by atoms with van der Waals surface area (Å²) in [5.41, 5.74) is 2.66. The summed E-state index contributed by atoms with van der Waals surface area (Å²) in [4.78, 5) is 40.7. The number of ether oxygens (including phenoxy) is 1. The Morgan fingerprint density at radius 2 is 1.75 bits per heavy atom.